The maximum atomic E-state index is 13.3. The molecule has 0 bridgehead atoms. The Morgan fingerprint density at radius 1 is 1.07 bits per heavy atom. The molecule has 4 nitrogen and oxygen atoms in total. The highest BCUT2D eigenvalue weighted by atomic mass is 35.5. The smallest absolute Gasteiger partial charge is 0.243 e. The highest BCUT2D eigenvalue weighted by molar-refractivity contribution is 6.30. The van der Waals surface area contributed by atoms with Crippen LogP contribution in [0.3, 0.4) is 0 Å². The van der Waals surface area contributed by atoms with E-state index in [-0.39, 0.29) is 36.6 Å². The van der Waals surface area contributed by atoms with Gasteiger partial charge in [0.05, 0.1) is 6.42 Å². The second kappa shape index (κ2) is 11.0. The van der Waals surface area contributed by atoms with Crippen molar-refractivity contribution in [1.82, 2.24) is 10.2 Å². The monoisotopic (exact) mass is 418 g/mol. The van der Waals surface area contributed by atoms with Crippen molar-refractivity contribution in [3.8, 4) is 0 Å². The van der Waals surface area contributed by atoms with E-state index in [1.165, 1.54) is 12.1 Å². The lowest BCUT2D eigenvalue weighted by Crippen LogP contribution is -2.51. The minimum absolute atomic E-state index is 0.0206. The summed E-state index contributed by atoms with van der Waals surface area (Å²) >= 11 is 6.04. The van der Waals surface area contributed by atoms with Gasteiger partial charge in [0.25, 0.3) is 0 Å². The molecule has 0 aliphatic carbocycles. The molecule has 0 saturated carbocycles. The molecule has 0 aliphatic rings. The SMILES string of the molecule is CC[C@@H](C)NC(=O)[C@@H](CC)N(Cc1ccc(F)cc1)C(=O)Cc1cccc(Cl)c1. The molecule has 0 heterocycles. The lowest BCUT2D eigenvalue weighted by Gasteiger charge is -2.31. The molecule has 0 saturated heterocycles. The second-order valence-corrected chi connectivity index (χ2v) is 7.63. The van der Waals surface area contributed by atoms with E-state index in [9.17, 15) is 14.0 Å². The fourth-order valence-corrected chi connectivity index (χ4v) is 3.28. The molecule has 0 aromatic heterocycles. The molecule has 156 valence electrons. The van der Waals surface area contributed by atoms with Crippen LogP contribution in [-0.4, -0.2) is 28.8 Å². The van der Waals surface area contributed by atoms with E-state index < -0.39 is 6.04 Å². The first-order valence-corrected chi connectivity index (χ1v) is 10.3. The Kier molecular flexibility index (Phi) is 8.65. The summed E-state index contributed by atoms with van der Waals surface area (Å²) in [6.45, 7) is 6.03. The zero-order chi connectivity index (χ0) is 21.4. The molecule has 2 rings (SSSR count). The molecule has 2 atom stereocenters. The molecule has 0 spiro atoms. The maximum absolute atomic E-state index is 13.3. The van der Waals surface area contributed by atoms with Crippen LogP contribution < -0.4 is 5.32 Å². The van der Waals surface area contributed by atoms with E-state index in [2.05, 4.69) is 5.32 Å². The molecule has 29 heavy (non-hydrogen) atoms. The van der Waals surface area contributed by atoms with E-state index in [0.29, 0.717) is 11.4 Å². The summed E-state index contributed by atoms with van der Waals surface area (Å²) < 4.78 is 13.3. The van der Waals surface area contributed by atoms with Crippen LogP contribution in [-0.2, 0) is 22.6 Å². The van der Waals surface area contributed by atoms with Crippen molar-refractivity contribution in [3.63, 3.8) is 0 Å². The minimum atomic E-state index is -0.610. The molecule has 0 unspecified atom stereocenters. The molecule has 6 heteroatoms. The summed E-state index contributed by atoms with van der Waals surface area (Å²) in [5.41, 5.74) is 1.55. The van der Waals surface area contributed by atoms with Gasteiger partial charge < -0.3 is 10.2 Å². The summed E-state index contributed by atoms with van der Waals surface area (Å²) in [5, 5.41) is 3.53. The van der Waals surface area contributed by atoms with Crippen LogP contribution in [0.1, 0.15) is 44.7 Å². The Labute approximate surface area is 177 Å². The van der Waals surface area contributed by atoms with Gasteiger partial charge in [0.15, 0.2) is 0 Å². The topological polar surface area (TPSA) is 49.4 Å². The third-order valence-electron chi connectivity index (χ3n) is 4.90. The highest BCUT2D eigenvalue weighted by Crippen LogP contribution is 2.17. The first-order valence-electron chi connectivity index (χ1n) is 9.92. The summed E-state index contributed by atoms with van der Waals surface area (Å²) in [4.78, 5) is 27.6. The number of nitrogens with one attached hydrogen (secondary N) is 1. The zero-order valence-electron chi connectivity index (χ0n) is 17.1. The van der Waals surface area contributed by atoms with E-state index in [1.807, 2.05) is 26.8 Å². The normalized spacial score (nSPS) is 12.9. The molecule has 0 fully saturated rings. The molecular weight excluding hydrogens is 391 g/mol. The zero-order valence-corrected chi connectivity index (χ0v) is 17.9. The minimum Gasteiger partial charge on any atom is -0.352 e. The van der Waals surface area contributed by atoms with Gasteiger partial charge in [-0.3, -0.25) is 9.59 Å². The Balaban J connectivity index is 2.28. The predicted octanol–water partition coefficient (Wildman–Crippen LogP) is 4.74. The number of hydrogen-bond acceptors (Lipinski definition) is 2. The van der Waals surface area contributed by atoms with Crippen LogP contribution in [0.15, 0.2) is 48.5 Å². The van der Waals surface area contributed by atoms with Crippen molar-refractivity contribution >= 4 is 23.4 Å². The Bertz CT molecular complexity index is 826. The summed E-state index contributed by atoms with van der Waals surface area (Å²) in [5.74, 6) is -0.696. The number of benzene rings is 2. The van der Waals surface area contributed by atoms with Crippen LogP contribution in [0.25, 0.3) is 0 Å². The fraction of sp³-hybridized carbons (Fsp3) is 0.391. The standard InChI is InChI=1S/C23H28ClFN2O2/c1-4-16(3)26-23(29)21(5-2)27(15-17-9-11-20(25)12-10-17)22(28)14-18-7-6-8-19(24)13-18/h6-13,16,21H,4-5,14-15H2,1-3H3,(H,26,29)/t16-,21-/m1/s1. The third-order valence-corrected chi connectivity index (χ3v) is 5.13. The van der Waals surface area contributed by atoms with Gasteiger partial charge in [-0.05, 0) is 55.2 Å². The fourth-order valence-electron chi connectivity index (χ4n) is 3.07. The maximum Gasteiger partial charge on any atom is 0.243 e. The van der Waals surface area contributed by atoms with Gasteiger partial charge in [0.2, 0.25) is 11.8 Å². The first kappa shape index (κ1) is 22.9. The van der Waals surface area contributed by atoms with Crippen molar-refractivity contribution in [2.24, 2.45) is 0 Å². The van der Waals surface area contributed by atoms with Crippen molar-refractivity contribution in [3.05, 3.63) is 70.5 Å². The number of rotatable bonds is 9. The van der Waals surface area contributed by atoms with E-state index in [1.54, 1.807) is 35.2 Å². The Morgan fingerprint density at radius 2 is 1.76 bits per heavy atom. The Morgan fingerprint density at radius 3 is 2.34 bits per heavy atom. The number of carbonyl (C=O) groups is 2. The second-order valence-electron chi connectivity index (χ2n) is 7.20. The molecule has 2 aromatic rings. The van der Waals surface area contributed by atoms with Crippen LogP contribution in [0, 0.1) is 5.82 Å². The lowest BCUT2D eigenvalue weighted by molar-refractivity contribution is -0.141. The van der Waals surface area contributed by atoms with Crippen molar-refractivity contribution in [1.29, 1.82) is 0 Å². The van der Waals surface area contributed by atoms with Crippen LogP contribution in [0.5, 0.6) is 0 Å². The number of hydrogen-bond donors (Lipinski definition) is 1. The van der Waals surface area contributed by atoms with Crippen molar-refractivity contribution in [2.45, 2.75) is 58.7 Å². The molecule has 2 amide bonds. The van der Waals surface area contributed by atoms with Gasteiger partial charge >= 0.3 is 0 Å². The van der Waals surface area contributed by atoms with Crippen molar-refractivity contribution in [2.75, 3.05) is 0 Å². The van der Waals surface area contributed by atoms with Gasteiger partial charge in [0.1, 0.15) is 11.9 Å². The quantitative estimate of drug-likeness (QED) is 0.639. The van der Waals surface area contributed by atoms with E-state index >= 15 is 0 Å². The molecule has 0 radical (unpaired) electrons. The number of carbonyl (C=O) groups excluding carboxylic acids is 2. The van der Waals surface area contributed by atoms with E-state index in [0.717, 1.165) is 17.5 Å². The summed E-state index contributed by atoms with van der Waals surface area (Å²) in [7, 11) is 0. The van der Waals surface area contributed by atoms with Gasteiger partial charge in [-0.1, -0.05) is 49.7 Å². The van der Waals surface area contributed by atoms with Crippen LogP contribution in [0.4, 0.5) is 4.39 Å². The van der Waals surface area contributed by atoms with Crippen molar-refractivity contribution < 1.29 is 14.0 Å². The van der Waals surface area contributed by atoms with Gasteiger partial charge in [0, 0.05) is 17.6 Å². The van der Waals surface area contributed by atoms with Gasteiger partial charge in [-0.15, -0.1) is 0 Å². The Hall–Kier alpha value is -2.40. The third kappa shape index (κ3) is 6.86. The molecular formula is C23H28ClFN2O2. The summed E-state index contributed by atoms with van der Waals surface area (Å²) in [6, 6.07) is 12.5. The van der Waals surface area contributed by atoms with Crippen LogP contribution in [0.2, 0.25) is 5.02 Å². The van der Waals surface area contributed by atoms with Crippen LogP contribution >= 0.6 is 11.6 Å². The van der Waals surface area contributed by atoms with Gasteiger partial charge in [-0.2, -0.15) is 0 Å². The number of halogens is 2. The summed E-state index contributed by atoms with van der Waals surface area (Å²) in [6.07, 6.45) is 1.41. The molecule has 0 aliphatic heterocycles. The van der Waals surface area contributed by atoms with Gasteiger partial charge in [-0.25, -0.2) is 4.39 Å². The average molecular weight is 419 g/mol. The highest BCUT2D eigenvalue weighted by Gasteiger charge is 2.29. The predicted molar refractivity (Wildman–Crippen MR) is 114 cm³/mol. The molecule has 2 aromatic carbocycles. The first-order chi connectivity index (χ1) is 13.8. The largest absolute Gasteiger partial charge is 0.352 e. The molecule has 1 N–H and O–H groups in total. The number of amides is 2. The lowest BCUT2D eigenvalue weighted by atomic mass is 10.1. The average Bonchev–Trinajstić information content (AvgIpc) is 2.69. The number of nitrogens with zero attached hydrogens (tertiary/aromatic N) is 1. The van der Waals surface area contributed by atoms with E-state index in [4.69, 9.17) is 11.6 Å².